The van der Waals surface area contributed by atoms with Gasteiger partial charge >= 0.3 is 12.1 Å². The molecule has 0 bridgehead atoms. The quantitative estimate of drug-likeness (QED) is 0.407. The van der Waals surface area contributed by atoms with Gasteiger partial charge in [0.05, 0.1) is 5.56 Å². The minimum Gasteiger partial charge on any atom is -0.449 e. The fourth-order valence-electron chi connectivity index (χ4n) is 1.87. The van der Waals surface area contributed by atoms with E-state index in [9.17, 15) is 22.4 Å². The number of ether oxygens (including phenoxy) is 1. The molecule has 1 aromatic carbocycles. The number of halogens is 4. The second-order valence-electron chi connectivity index (χ2n) is 4.76. The van der Waals surface area contributed by atoms with Gasteiger partial charge in [0, 0.05) is 0 Å². The highest BCUT2D eigenvalue weighted by molar-refractivity contribution is 5.89. The molecule has 1 atom stereocenters. The van der Waals surface area contributed by atoms with E-state index in [-0.39, 0.29) is 6.42 Å². The van der Waals surface area contributed by atoms with Crippen LogP contribution in [0, 0.1) is 5.82 Å². The van der Waals surface area contributed by atoms with E-state index >= 15 is 0 Å². The molecule has 0 saturated heterocycles. The first-order chi connectivity index (χ1) is 9.86. The van der Waals surface area contributed by atoms with Gasteiger partial charge in [-0.15, -0.1) is 0 Å². The molecule has 0 aliphatic rings. The number of esters is 1. The van der Waals surface area contributed by atoms with E-state index < -0.39 is 29.6 Å². The third-order valence-electron chi connectivity index (χ3n) is 3.03. The Morgan fingerprint density at radius 2 is 1.86 bits per heavy atom. The molecule has 0 N–H and O–H groups in total. The standard InChI is InChI=1S/C15H18F4O2/c1-2-3-4-5-10-13(15(17,18)19)21-14(20)11-8-6-7-9-12(11)16/h6-9,13H,2-5,10H2,1H3. The van der Waals surface area contributed by atoms with Crippen molar-refractivity contribution in [2.45, 2.75) is 51.3 Å². The number of unbranched alkanes of at least 4 members (excludes halogenated alkanes) is 3. The van der Waals surface area contributed by atoms with E-state index in [0.29, 0.717) is 12.8 Å². The minimum atomic E-state index is -4.65. The molecule has 0 fully saturated rings. The second kappa shape index (κ2) is 8.00. The number of alkyl halides is 3. The highest BCUT2D eigenvalue weighted by Crippen LogP contribution is 2.28. The van der Waals surface area contributed by atoms with Gasteiger partial charge in [-0.25, -0.2) is 9.18 Å². The second-order valence-corrected chi connectivity index (χ2v) is 4.76. The Hall–Kier alpha value is -1.59. The Bertz CT molecular complexity index is 457. The largest absolute Gasteiger partial charge is 0.449 e. The van der Waals surface area contributed by atoms with E-state index in [1.165, 1.54) is 12.1 Å². The minimum absolute atomic E-state index is 0.302. The van der Waals surface area contributed by atoms with Crippen LogP contribution in [0.25, 0.3) is 0 Å². The highest BCUT2D eigenvalue weighted by Gasteiger charge is 2.42. The molecule has 0 radical (unpaired) electrons. The molecule has 0 spiro atoms. The van der Waals surface area contributed by atoms with Gasteiger partial charge in [0.25, 0.3) is 0 Å². The SMILES string of the molecule is CCCCCCC(OC(=O)c1ccccc1F)C(F)(F)F. The van der Waals surface area contributed by atoms with Crippen LogP contribution < -0.4 is 0 Å². The summed E-state index contributed by atoms with van der Waals surface area (Å²) in [5.74, 6) is -2.18. The van der Waals surface area contributed by atoms with Gasteiger partial charge in [-0.3, -0.25) is 0 Å². The van der Waals surface area contributed by atoms with Gasteiger partial charge in [-0.2, -0.15) is 13.2 Å². The molecular formula is C15H18F4O2. The highest BCUT2D eigenvalue weighted by atomic mass is 19.4. The van der Waals surface area contributed by atoms with Crippen molar-refractivity contribution < 1.29 is 27.1 Å². The molecule has 1 aromatic rings. The van der Waals surface area contributed by atoms with Crippen molar-refractivity contribution >= 4 is 5.97 Å². The Labute approximate surface area is 121 Å². The summed E-state index contributed by atoms with van der Waals surface area (Å²) in [7, 11) is 0. The van der Waals surface area contributed by atoms with Gasteiger partial charge in [0.1, 0.15) is 5.82 Å². The lowest BCUT2D eigenvalue weighted by atomic mass is 10.1. The molecule has 6 heteroatoms. The molecular weight excluding hydrogens is 288 g/mol. The maximum atomic E-state index is 13.4. The summed E-state index contributed by atoms with van der Waals surface area (Å²) in [5, 5.41) is 0. The fraction of sp³-hybridized carbons (Fsp3) is 0.533. The maximum absolute atomic E-state index is 13.4. The van der Waals surface area contributed by atoms with E-state index in [1.807, 2.05) is 6.92 Å². The van der Waals surface area contributed by atoms with Crippen molar-refractivity contribution in [1.29, 1.82) is 0 Å². The first kappa shape index (κ1) is 17.5. The zero-order chi connectivity index (χ0) is 15.9. The lowest BCUT2D eigenvalue weighted by Gasteiger charge is -2.20. The molecule has 0 aliphatic carbocycles. The normalized spacial score (nSPS) is 13.0. The average molecular weight is 306 g/mol. The van der Waals surface area contributed by atoms with E-state index in [2.05, 4.69) is 4.74 Å². The Morgan fingerprint density at radius 3 is 2.43 bits per heavy atom. The predicted octanol–water partition coefficient (Wildman–Crippen LogP) is 4.88. The van der Waals surface area contributed by atoms with E-state index in [0.717, 1.165) is 25.0 Å². The van der Waals surface area contributed by atoms with Crippen LogP contribution in [-0.4, -0.2) is 18.2 Å². The molecule has 0 aromatic heterocycles. The zero-order valence-corrected chi connectivity index (χ0v) is 11.8. The van der Waals surface area contributed by atoms with E-state index in [1.54, 1.807) is 0 Å². The van der Waals surface area contributed by atoms with Crippen LogP contribution in [-0.2, 0) is 4.74 Å². The first-order valence-corrected chi connectivity index (χ1v) is 6.88. The van der Waals surface area contributed by atoms with Crippen molar-refractivity contribution in [2.24, 2.45) is 0 Å². The van der Waals surface area contributed by atoms with E-state index in [4.69, 9.17) is 0 Å². The molecule has 0 saturated carbocycles. The summed E-state index contributed by atoms with van der Waals surface area (Å²) < 4.78 is 56.3. The summed E-state index contributed by atoms with van der Waals surface area (Å²) in [6.07, 6.45) is -4.47. The molecule has 0 amide bonds. The van der Waals surface area contributed by atoms with Crippen LogP contribution in [0.4, 0.5) is 17.6 Å². The van der Waals surface area contributed by atoms with Gasteiger partial charge in [-0.1, -0.05) is 38.3 Å². The van der Waals surface area contributed by atoms with Gasteiger partial charge in [0.2, 0.25) is 0 Å². The van der Waals surface area contributed by atoms with Crippen LogP contribution in [0.15, 0.2) is 24.3 Å². The summed E-state index contributed by atoms with van der Waals surface area (Å²) in [4.78, 5) is 11.6. The predicted molar refractivity (Wildman–Crippen MR) is 70.4 cm³/mol. The summed E-state index contributed by atoms with van der Waals surface area (Å²) in [6.45, 7) is 1.94. The van der Waals surface area contributed by atoms with Gasteiger partial charge in [-0.05, 0) is 25.0 Å². The molecule has 118 valence electrons. The monoisotopic (exact) mass is 306 g/mol. The van der Waals surface area contributed by atoms with Crippen molar-refractivity contribution in [1.82, 2.24) is 0 Å². The van der Waals surface area contributed by atoms with Crippen molar-refractivity contribution in [2.75, 3.05) is 0 Å². The van der Waals surface area contributed by atoms with Crippen molar-refractivity contribution in [3.8, 4) is 0 Å². The van der Waals surface area contributed by atoms with Crippen LogP contribution in [0.2, 0.25) is 0 Å². The number of hydrogen-bond acceptors (Lipinski definition) is 2. The van der Waals surface area contributed by atoms with Crippen LogP contribution in [0.3, 0.4) is 0 Å². The smallest absolute Gasteiger partial charge is 0.425 e. The average Bonchev–Trinajstić information content (AvgIpc) is 2.41. The molecule has 21 heavy (non-hydrogen) atoms. The number of hydrogen-bond donors (Lipinski definition) is 0. The summed E-state index contributed by atoms with van der Waals surface area (Å²) >= 11 is 0. The zero-order valence-electron chi connectivity index (χ0n) is 11.8. The summed E-state index contributed by atoms with van der Waals surface area (Å²) in [5.41, 5.74) is -0.486. The van der Waals surface area contributed by atoms with Crippen molar-refractivity contribution in [3.63, 3.8) is 0 Å². The molecule has 1 unspecified atom stereocenters. The maximum Gasteiger partial charge on any atom is 0.425 e. The molecule has 1 rings (SSSR count). The molecule has 2 nitrogen and oxygen atoms in total. The van der Waals surface area contributed by atoms with Gasteiger partial charge < -0.3 is 4.74 Å². The van der Waals surface area contributed by atoms with Crippen LogP contribution >= 0.6 is 0 Å². The number of benzene rings is 1. The van der Waals surface area contributed by atoms with Crippen LogP contribution in [0.5, 0.6) is 0 Å². The summed E-state index contributed by atoms with van der Waals surface area (Å²) in [6, 6.07) is 4.81. The number of carbonyl (C=O) groups excluding carboxylic acids is 1. The first-order valence-electron chi connectivity index (χ1n) is 6.88. The number of rotatable bonds is 7. The molecule has 0 heterocycles. The Balaban J connectivity index is 2.68. The fourth-order valence-corrected chi connectivity index (χ4v) is 1.87. The Kier molecular flexibility index (Phi) is 6.65. The lowest BCUT2D eigenvalue weighted by molar-refractivity contribution is -0.206. The lowest BCUT2D eigenvalue weighted by Crippen LogP contribution is -2.34. The number of carbonyl (C=O) groups is 1. The van der Waals surface area contributed by atoms with Crippen molar-refractivity contribution in [3.05, 3.63) is 35.6 Å². The third-order valence-corrected chi connectivity index (χ3v) is 3.03. The topological polar surface area (TPSA) is 26.3 Å². The molecule has 0 aliphatic heterocycles. The van der Waals surface area contributed by atoms with Gasteiger partial charge in [0.15, 0.2) is 6.10 Å². The Morgan fingerprint density at radius 1 is 1.19 bits per heavy atom. The third kappa shape index (κ3) is 5.73. The van der Waals surface area contributed by atoms with Crippen LogP contribution in [0.1, 0.15) is 49.4 Å².